The molecule has 1 saturated heterocycles. The number of para-hydroxylation sites is 1. The zero-order chi connectivity index (χ0) is 22.5. The highest BCUT2D eigenvalue weighted by Gasteiger charge is 2.21. The number of ether oxygens (including phenoxy) is 2. The van der Waals surface area contributed by atoms with Crippen LogP contribution in [-0.2, 0) is 24.3 Å². The summed E-state index contributed by atoms with van der Waals surface area (Å²) in [7, 11) is 0. The number of halogens is 1. The number of imidazole rings is 1. The Kier molecular flexibility index (Phi) is 6.60. The van der Waals surface area contributed by atoms with Crippen molar-refractivity contribution in [3.63, 3.8) is 0 Å². The molecule has 0 bridgehead atoms. The molecule has 1 aliphatic heterocycles. The van der Waals surface area contributed by atoms with Gasteiger partial charge < -0.3 is 13.9 Å². The summed E-state index contributed by atoms with van der Waals surface area (Å²) in [6.45, 7) is 4.31. The summed E-state index contributed by atoms with van der Waals surface area (Å²) in [5.41, 5.74) is 3.82. The molecule has 0 amide bonds. The molecule has 4 aromatic rings. The van der Waals surface area contributed by atoms with Crippen LogP contribution in [-0.4, -0.2) is 45.6 Å². The molecular weight excluding hydrogens is 419 g/mol. The third kappa shape index (κ3) is 5.56. The number of aromatic nitrogens is 3. The number of fused-ring (bicyclic) bond motifs is 1. The Labute approximate surface area is 192 Å². The molecule has 33 heavy (non-hydrogen) atoms. The Morgan fingerprint density at radius 1 is 1.12 bits per heavy atom. The third-order valence-electron chi connectivity index (χ3n) is 5.90. The van der Waals surface area contributed by atoms with Crippen LogP contribution in [0.4, 0.5) is 4.39 Å². The second-order valence-electron chi connectivity index (χ2n) is 8.48. The number of benzene rings is 2. The van der Waals surface area contributed by atoms with Crippen LogP contribution in [0.3, 0.4) is 0 Å². The highest BCUT2D eigenvalue weighted by atomic mass is 19.1. The first kappa shape index (κ1) is 21.6. The number of hydrogen-bond donors (Lipinski definition) is 0. The fraction of sp³-hybridized carbons (Fsp3) is 0.308. The molecule has 0 saturated carbocycles. The van der Waals surface area contributed by atoms with Crippen molar-refractivity contribution in [2.75, 3.05) is 26.3 Å². The highest BCUT2D eigenvalue weighted by Crippen LogP contribution is 2.23. The van der Waals surface area contributed by atoms with Crippen molar-refractivity contribution in [3.05, 3.63) is 96.0 Å². The van der Waals surface area contributed by atoms with E-state index in [0.29, 0.717) is 19.1 Å². The van der Waals surface area contributed by atoms with E-state index in [2.05, 4.69) is 20.9 Å². The van der Waals surface area contributed by atoms with E-state index in [1.165, 1.54) is 12.1 Å². The van der Waals surface area contributed by atoms with Crippen molar-refractivity contribution in [1.82, 2.24) is 19.3 Å². The fourth-order valence-corrected chi connectivity index (χ4v) is 4.29. The van der Waals surface area contributed by atoms with E-state index in [0.717, 1.165) is 60.9 Å². The average Bonchev–Trinajstić information content (AvgIpc) is 3.18. The Morgan fingerprint density at radius 3 is 3.00 bits per heavy atom. The van der Waals surface area contributed by atoms with Gasteiger partial charge >= 0.3 is 0 Å². The first-order valence-corrected chi connectivity index (χ1v) is 11.3. The lowest BCUT2D eigenvalue weighted by Crippen LogP contribution is -2.30. The van der Waals surface area contributed by atoms with Gasteiger partial charge in [-0.2, -0.15) is 0 Å². The molecule has 0 radical (unpaired) electrons. The van der Waals surface area contributed by atoms with Gasteiger partial charge in [-0.05, 0) is 30.2 Å². The van der Waals surface area contributed by atoms with Crippen LogP contribution in [0.2, 0.25) is 0 Å². The monoisotopic (exact) mass is 446 g/mol. The molecule has 0 spiro atoms. The van der Waals surface area contributed by atoms with Gasteiger partial charge in [0, 0.05) is 49.7 Å². The smallest absolute Gasteiger partial charge is 0.155 e. The first-order chi connectivity index (χ1) is 16.2. The third-order valence-corrected chi connectivity index (χ3v) is 5.90. The SMILES string of the molecule is Fc1cccc(COc2ccccc2CN2CCOCC(Cc3cn4ccnc4cn3)C2)c1. The highest BCUT2D eigenvalue weighted by molar-refractivity contribution is 5.35. The molecule has 1 atom stereocenters. The standard InChI is InChI=1S/C26H27FN4O2/c27-23-6-3-4-20(12-23)19-33-25-7-2-1-5-22(25)16-30-10-11-32-18-21(15-30)13-24-17-31-9-8-28-26(31)14-29-24/h1-9,12,14,17,21H,10-11,13,15-16,18-19H2. The normalized spacial score (nSPS) is 17.2. The predicted octanol–water partition coefficient (Wildman–Crippen LogP) is 4.14. The Hall–Kier alpha value is -3.29. The lowest BCUT2D eigenvalue weighted by molar-refractivity contribution is 0.121. The second kappa shape index (κ2) is 10.1. The van der Waals surface area contributed by atoms with Crippen LogP contribution in [0.15, 0.2) is 73.3 Å². The number of rotatable bonds is 7. The summed E-state index contributed by atoms with van der Waals surface area (Å²) in [4.78, 5) is 11.3. The van der Waals surface area contributed by atoms with Crippen molar-refractivity contribution in [1.29, 1.82) is 0 Å². The van der Waals surface area contributed by atoms with E-state index in [-0.39, 0.29) is 5.82 Å². The molecule has 2 aromatic carbocycles. The van der Waals surface area contributed by atoms with Crippen LogP contribution in [0.5, 0.6) is 5.75 Å². The van der Waals surface area contributed by atoms with E-state index in [1.807, 2.05) is 47.3 Å². The van der Waals surface area contributed by atoms with Gasteiger partial charge in [-0.25, -0.2) is 9.37 Å². The van der Waals surface area contributed by atoms with Gasteiger partial charge in [-0.1, -0.05) is 30.3 Å². The van der Waals surface area contributed by atoms with Gasteiger partial charge in [0.2, 0.25) is 0 Å². The molecule has 0 aliphatic carbocycles. The van der Waals surface area contributed by atoms with Gasteiger partial charge in [-0.3, -0.25) is 9.88 Å². The molecule has 6 nitrogen and oxygen atoms in total. The van der Waals surface area contributed by atoms with Crippen LogP contribution in [0, 0.1) is 11.7 Å². The van der Waals surface area contributed by atoms with E-state index >= 15 is 0 Å². The maximum Gasteiger partial charge on any atom is 0.155 e. The lowest BCUT2D eigenvalue weighted by Gasteiger charge is -2.24. The molecule has 7 heteroatoms. The molecule has 1 aliphatic rings. The maximum atomic E-state index is 13.5. The minimum absolute atomic E-state index is 0.248. The topological polar surface area (TPSA) is 51.9 Å². The molecule has 1 unspecified atom stereocenters. The zero-order valence-corrected chi connectivity index (χ0v) is 18.4. The Balaban J connectivity index is 1.24. The summed E-state index contributed by atoms with van der Waals surface area (Å²) in [5.74, 6) is 0.929. The molecule has 5 rings (SSSR count). The largest absolute Gasteiger partial charge is 0.489 e. The van der Waals surface area contributed by atoms with Crippen LogP contribution in [0.1, 0.15) is 16.8 Å². The quantitative estimate of drug-likeness (QED) is 0.427. The molecular formula is C26H27FN4O2. The molecule has 3 heterocycles. The second-order valence-corrected chi connectivity index (χ2v) is 8.48. The molecule has 170 valence electrons. The van der Waals surface area contributed by atoms with E-state index in [1.54, 1.807) is 12.3 Å². The molecule has 0 N–H and O–H groups in total. The zero-order valence-electron chi connectivity index (χ0n) is 18.4. The fourth-order valence-electron chi connectivity index (χ4n) is 4.29. The number of nitrogens with zero attached hydrogens (tertiary/aromatic N) is 4. The minimum Gasteiger partial charge on any atom is -0.489 e. The Morgan fingerprint density at radius 2 is 2.06 bits per heavy atom. The predicted molar refractivity (Wildman–Crippen MR) is 123 cm³/mol. The first-order valence-electron chi connectivity index (χ1n) is 11.3. The van der Waals surface area contributed by atoms with Gasteiger partial charge in [0.1, 0.15) is 18.2 Å². The summed E-state index contributed by atoms with van der Waals surface area (Å²) in [6.07, 6.45) is 8.44. The van der Waals surface area contributed by atoms with Crippen molar-refractivity contribution < 1.29 is 13.9 Å². The van der Waals surface area contributed by atoms with E-state index < -0.39 is 0 Å². The number of hydrogen-bond acceptors (Lipinski definition) is 5. The lowest BCUT2D eigenvalue weighted by atomic mass is 10.0. The van der Waals surface area contributed by atoms with Crippen LogP contribution < -0.4 is 4.74 Å². The average molecular weight is 447 g/mol. The van der Waals surface area contributed by atoms with Crippen molar-refractivity contribution in [2.24, 2.45) is 5.92 Å². The van der Waals surface area contributed by atoms with Crippen molar-refractivity contribution in [2.45, 2.75) is 19.6 Å². The summed E-state index contributed by atoms with van der Waals surface area (Å²) >= 11 is 0. The van der Waals surface area contributed by atoms with Crippen molar-refractivity contribution in [3.8, 4) is 5.75 Å². The van der Waals surface area contributed by atoms with E-state index in [9.17, 15) is 4.39 Å². The minimum atomic E-state index is -0.248. The van der Waals surface area contributed by atoms with Gasteiger partial charge in [-0.15, -0.1) is 0 Å². The van der Waals surface area contributed by atoms with Gasteiger partial charge in [0.15, 0.2) is 5.65 Å². The molecule has 2 aromatic heterocycles. The van der Waals surface area contributed by atoms with Gasteiger partial charge in [0.25, 0.3) is 0 Å². The van der Waals surface area contributed by atoms with Crippen molar-refractivity contribution >= 4 is 5.65 Å². The summed E-state index contributed by atoms with van der Waals surface area (Å²) < 4.78 is 27.5. The Bertz CT molecular complexity index is 1210. The van der Waals surface area contributed by atoms with E-state index in [4.69, 9.17) is 9.47 Å². The summed E-state index contributed by atoms with van der Waals surface area (Å²) in [6, 6.07) is 14.6. The van der Waals surface area contributed by atoms with Crippen LogP contribution >= 0.6 is 0 Å². The van der Waals surface area contributed by atoms with Crippen LogP contribution in [0.25, 0.3) is 5.65 Å². The van der Waals surface area contributed by atoms with Gasteiger partial charge in [0.05, 0.1) is 25.1 Å². The maximum absolute atomic E-state index is 13.5. The molecule has 1 fully saturated rings. The summed E-state index contributed by atoms with van der Waals surface area (Å²) in [5, 5.41) is 0.